The van der Waals surface area contributed by atoms with Crippen molar-refractivity contribution in [3.05, 3.63) is 29.8 Å². The molecule has 0 saturated carbocycles. The van der Waals surface area contributed by atoms with Crippen LogP contribution in [0.4, 0.5) is 4.79 Å². The number of nitrogens with zero attached hydrogens (tertiary/aromatic N) is 2. The lowest BCUT2D eigenvalue weighted by Gasteiger charge is -2.31. The van der Waals surface area contributed by atoms with Gasteiger partial charge in [0.1, 0.15) is 12.1 Å². The van der Waals surface area contributed by atoms with E-state index in [1.165, 1.54) is 43.2 Å². The van der Waals surface area contributed by atoms with Gasteiger partial charge in [-0.15, -0.1) is 0 Å². The Hall–Kier alpha value is -2.95. The number of nitrogens with one attached hydrogen (secondary N) is 1. The second-order valence-corrected chi connectivity index (χ2v) is 9.94. The van der Waals surface area contributed by atoms with Crippen molar-refractivity contribution < 1.29 is 32.3 Å². The van der Waals surface area contributed by atoms with Crippen molar-refractivity contribution in [1.82, 2.24) is 15.1 Å². The zero-order chi connectivity index (χ0) is 23.0. The van der Waals surface area contributed by atoms with Gasteiger partial charge in [-0.3, -0.25) is 19.3 Å². The number of rotatable bonds is 5. The molecule has 2 saturated heterocycles. The van der Waals surface area contributed by atoms with E-state index in [9.17, 15) is 27.6 Å². The van der Waals surface area contributed by atoms with Crippen LogP contribution in [0.3, 0.4) is 0 Å². The molecule has 0 unspecified atom stereocenters. The number of likely N-dealkylation sites (tertiary alicyclic amines) is 1. The molecular weight excluding hydrogens is 426 g/mol. The summed E-state index contributed by atoms with van der Waals surface area (Å²) in [7, 11) is -2.08. The maximum atomic E-state index is 13.0. The molecule has 0 spiro atoms. The SMILES string of the molecule is COC(=O)C1CCN(C(=O)CN2C(=O)N[C@@](C)(c3ccc(S(C)(=O)=O)cc3)C2=O)CC1. The summed E-state index contributed by atoms with van der Waals surface area (Å²) in [5, 5.41) is 2.60. The van der Waals surface area contributed by atoms with Gasteiger partial charge in [0.25, 0.3) is 5.91 Å². The molecule has 0 aliphatic carbocycles. The van der Waals surface area contributed by atoms with Gasteiger partial charge >= 0.3 is 12.0 Å². The highest BCUT2D eigenvalue weighted by molar-refractivity contribution is 7.90. The third-order valence-corrected chi connectivity index (χ3v) is 6.94. The number of imide groups is 1. The van der Waals surface area contributed by atoms with Gasteiger partial charge in [0.05, 0.1) is 17.9 Å². The second-order valence-electron chi connectivity index (χ2n) is 7.92. The van der Waals surface area contributed by atoms with Crippen LogP contribution in [0.25, 0.3) is 0 Å². The number of hydrogen-bond donors (Lipinski definition) is 1. The average molecular weight is 452 g/mol. The molecule has 1 N–H and O–H groups in total. The topological polar surface area (TPSA) is 130 Å². The molecule has 31 heavy (non-hydrogen) atoms. The minimum absolute atomic E-state index is 0.0963. The number of carbonyl (C=O) groups is 4. The van der Waals surface area contributed by atoms with E-state index in [4.69, 9.17) is 4.74 Å². The van der Waals surface area contributed by atoms with Crippen LogP contribution in [-0.4, -0.2) is 75.0 Å². The molecule has 2 aliphatic heterocycles. The predicted octanol–water partition coefficient (Wildman–Crippen LogP) is 0.269. The molecule has 0 radical (unpaired) electrons. The van der Waals surface area contributed by atoms with Gasteiger partial charge in [0.2, 0.25) is 5.91 Å². The maximum Gasteiger partial charge on any atom is 0.325 e. The fourth-order valence-electron chi connectivity index (χ4n) is 3.84. The molecule has 3 rings (SSSR count). The van der Waals surface area contributed by atoms with Crippen molar-refractivity contribution in [3.63, 3.8) is 0 Å². The summed E-state index contributed by atoms with van der Waals surface area (Å²) in [6, 6.07) is 4.98. The Morgan fingerprint density at radius 3 is 2.26 bits per heavy atom. The Balaban J connectivity index is 1.69. The molecule has 0 bridgehead atoms. The zero-order valence-corrected chi connectivity index (χ0v) is 18.4. The lowest BCUT2D eigenvalue weighted by Crippen LogP contribution is -2.47. The summed E-state index contributed by atoms with van der Waals surface area (Å²) >= 11 is 0. The summed E-state index contributed by atoms with van der Waals surface area (Å²) in [5.74, 6) is -1.55. The van der Waals surface area contributed by atoms with Crippen LogP contribution in [0, 0.1) is 5.92 Å². The lowest BCUT2D eigenvalue weighted by molar-refractivity contribution is -0.149. The molecule has 4 amide bonds. The number of benzene rings is 1. The summed E-state index contributed by atoms with van der Waals surface area (Å²) in [5.41, 5.74) is -1.00. The third-order valence-electron chi connectivity index (χ3n) is 5.81. The van der Waals surface area contributed by atoms with Crippen LogP contribution in [0.5, 0.6) is 0 Å². The highest BCUT2D eigenvalue weighted by atomic mass is 32.2. The van der Waals surface area contributed by atoms with Crippen LogP contribution >= 0.6 is 0 Å². The Labute approximate surface area is 180 Å². The number of hydrogen-bond acceptors (Lipinski definition) is 7. The minimum atomic E-state index is -3.40. The normalized spacial score (nSPS) is 22.4. The highest BCUT2D eigenvalue weighted by Gasteiger charge is 2.49. The number of methoxy groups -OCH3 is 1. The number of carbonyl (C=O) groups excluding carboxylic acids is 4. The summed E-state index contributed by atoms with van der Waals surface area (Å²) in [6.07, 6.45) is 2.00. The van der Waals surface area contributed by atoms with Crippen molar-refractivity contribution >= 4 is 33.7 Å². The number of piperidine rings is 1. The average Bonchev–Trinajstić information content (AvgIpc) is 2.96. The molecule has 2 heterocycles. The van der Waals surface area contributed by atoms with E-state index < -0.39 is 33.9 Å². The second kappa shape index (κ2) is 8.29. The van der Waals surface area contributed by atoms with Crippen molar-refractivity contribution in [2.45, 2.75) is 30.2 Å². The molecular formula is C20H25N3O7S. The van der Waals surface area contributed by atoms with Gasteiger partial charge in [0.15, 0.2) is 9.84 Å². The Kier molecular flexibility index (Phi) is 6.08. The van der Waals surface area contributed by atoms with Crippen LogP contribution in [-0.2, 0) is 34.5 Å². The first-order valence-electron chi connectivity index (χ1n) is 9.77. The Morgan fingerprint density at radius 2 is 1.74 bits per heavy atom. The maximum absolute atomic E-state index is 13.0. The minimum Gasteiger partial charge on any atom is -0.469 e. The third kappa shape index (κ3) is 4.41. The van der Waals surface area contributed by atoms with E-state index in [1.54, 1.807) is 0 Å². The van der Waals surface area contributed by atoms with Gasteiger partial charge in [-0.05, 0) is 37.5 Å². The molecule has 168 valence electrons. The number of amides is 4. The van der Waals surface area contributed by atoms with Crippen LogP contribution in [0.15, 0.2) is 29.2 Å². The summed E-state index contributed by atoms with van der Waals surface area (Å²) < 4.78 is 28.0. The molecule has 1 atom stereocenters. The zero-order valence-electron chi connectivity index (χ0n) is 17.6. The van der Waals surface area contributed by atoms with Crippen molar-refractivity contribution in [2.75, 3.05) is 33.0 Å². The highest BCUT2D eigenvalue weighted by Crippen LogP contribution is 2.30. The van der Waals surface area contributed by atoms with Crippen LogP contribution in [0.1, 0.15) is 25.3 Å². The van der Waals surface area contributed by atoms with Gasteiger partial charge in [-0.2, -0.15) is 0 Å². The standard InChI is InChI=1S/C20H25N3O7S/c1-20(14-4-6-15(7-5-14)31(3,28)29)18(26)23(19(27)21-20)12-16(24)22-10-8-13(9-11-22)17(25)30-2/h4-7,13H,8-12H2,1-3H3,(H,21,27)/t20-/m0/s1. The summed E-state index contributed by atoms with van der Waals surface area (Å²) in [6.45, 7) is 1.78. The van der Waals surface area contributed by atoms with Gasteiger partial charge < -0.3 is 15.0 Å². The molecule has 10 nitrogen and oxygen atoms in total. The van der Waals surface area contributed by atoms with Crippen molar-refractivity contribution in [3.8, 4) is 0 Å². The van der Waals surface area contributed by atoms with E-state index in [0.29, 0.717) is 31.5 Å². The largest absolute Gasteiger partial charge is 0.469 e. The van der Waals surface area contributed by atoms with E-state index in [2.05, 4.69) is 5.32 Å². The quantitative estimate of drug-likeness (QED) is 0.502. The first-order valence-corrected chi connectivity index (χ1v) is 11.7. The number of sulfone groups is 1. The monoisotopic (exact) mass is 451 g/mol. The van der Waals surface area contributed by atoms with E-state index >= 15 is 0 Å². The first kappa shape index (κ1) is 22.7. The van der Waals surface area contributed by atoms with Gasteiger partial charge in [0, 0.05) is 19.3 Å². The fourth-order valence-corrected chi connectivity index (χ4v) is 4.47. The van der Waals surface area contributed by atoms with E-state index in [0.717, 1.165) is 11.2 Å². The number of ether oxygens (including phenoxy) is 1. The molecule has 1 aromatic rings. The van der Waals surface area contributed by atoms with Gasteiger partial charge in [-0.1, -0.05) is 12.1 Å². The molecule has 2 fully saturated rings. The number of esters is 1. The molecule has 0 aromatic heterocycles. The van der Waals surface area contributed by atoms with Crippen LogP contribution < -0.4 is 5.32 Å². The molecule has 1 aromatic carbocycles. The molecule has 11 heteroatoms. The van der Waals surface area contributed by atoms with Crippen molar-refractivity contribution in [2.24, 2.45) is 5.92 Å². The number of urea groups is 1. The van der Waals surface area contributed by atoms with Crippen molar-refractivity contribution in [1.29, 1.82) is 0 Å². The van der Waals surface area contributed by atoms with Crippen LogP contribution in [0.2, 0.25) is 0 Å². The first-order chi connectivity index (χ1) is 14.5. The Bertz CT molecular complexity index is 1010. The molecule has 2 aliphatic rings. The Morgan fingerprint density at radius 1 is 1.16 bits per heavy atom. The van der Waals surface area contributed by atoms with E-state index in [-0.39, 0.29) is 22.7 Å². The fraction of sp³-hybridized carbons (Fsp3) is 0.500. The summed E-state index contributed by atoms with van der Waals surface area (Å²) in [4.78, 5) is 52.2. The van der Waals surface area contributed by atoms with E-state index in [1.807, 2.05) is 0 Å². The lowest BCUT2D eigenvalue weighted by atomic mass is 9.92. The van der Waals surface area contributed by atoms with Gasteiger partial charge in [-0.25, -0.2) is 13.2 Å². The smallest absolute Gasteiger partial charge is 0.325 e. The predicted molar refractivity (Wildman–Crippen MR) is 108 cm³/mol.